The summed E-state index contributed by atoms with van der Waals surface area (Å²) < 4.78 is 0. The fourth-order valence-electron chi connectivity index (χ4n) is 2.89. The van der Waals surface area contributed by atoms with Crippen molar-refractivity contribution in [3.05, 3.63) is 24.0 Å². The Morgan fingerprint density at radius 3 is 2.67 bits per heavy atom. The highest BCUT2D eigenvalue weighted by Crippen LogP contribution is 2.17. The second-order valence-electron chi connectivity index (χ2n) is 6.61. The molecule has 1 aliphatic rings. The first-order chi connectivity index (χ1) is 12.8. The number of nitrogens with one attached hydrogen (secondary N) is 2. The first-order valence-electron chi connectivity index (χ1n) is 8.59. The number of aromatic carboxylic acids is 1. The van der Waals surface area contributed by atoms with Gasteiger partial charge in [-0.3, -0.25) is 9.59 Å². The van der Waals surface area contributed by atoms with E-state index in [2.05, 4.69) is 20.2 Å². The van der Waals surface area contributed by atoms with E-state index in [0.29, 0.717) is 29.8 Å². The molecule has 5 N–H and O–H groups in total. The number of carboxylic acids is 1. The molecule has 0 spiro atoms. The molecule has 1 aromatic heterocycles. The van der Waals surface area contributed by atoms with Crippen molar-refractivity contribution in [3.8, 4) is 0 Å². The Morgan fingerprint density at radius 2 is 2.00 bits per heavy atom. The van der Waals surface area contributed by atoms with Gasteiger partial charge in [0, 0.05) is 31.9 Å². The number of hydrogen-bond donors (Lipinski definition) is 4. The van der Waals surface area contributed by atoms with Crippen molar-refractivity contribution in [2.45, 2.75) is 12.5 Å². The molecule has 10 nitrogen and oxygen atoms in total. The third-order valence-electron chi connectivity index (χ3n) is 4.54. The third kappa shape index (κ3) is 4.41. The molecule has 1 aromatic carbocycles. The van der Waals surface area contributed by atoms with Crippen molar-refractivity contribution in [2.75, 3.05) is 38.5 Å². The van der Waals surface area contributed by atoms with Gasteiger partial charge in [0.1, 0.15) is 0 Å². The summed E-state index contributed by atoms with van der Waals surface area (Å²) in [6.07, 6.45) is -0.0645. The monoisotopic (exact) mass is 374 g/mol. The highest BCUT2D eigenvalue weighted by atomic mass is 16.4. The number of benzene rings is 1. The van der Waals surface area contributed by atoms with Gasteiger partial charge in [0.05, 0.1) is 23.5 Å². The van der Waals surface area contributed by atoms with Crippen molar-refractivity contribution < 1.29 is 19.5 Å². The average Bonchev–Trinajstić information content (AvgIpc) is 3.05. The topological polar surface area (TPSA) is 145 Å². The molecule has 3 rings (SSSR count). The van der Waals surface area contributed by atoms with Crippen molar-refractivity contribution in [2.24, 2.45) is 5.73 Å². The lowest BCUT2D eigenvalue weighted by molar-refractivity contribution is -0.134. The number of aromatic nitrogens is 2. The molecular weight excluding hydrogens is 352 g/mol. The van der Waals surface area contributed by atoms with Gasteiger partial charge >= 0.3 is 5.97 Å². The fourth-order valence-corrected chi connectivity index (χ4v) is 2.89. The van der Waals surface area contributed by atoms with Crippen molar-refractivity contribution in [1.82, 2.24) is 19.8 Å². The number of aromatic amines is 1. The predicted octanol–water partition coefficient (Wildman–Crippen LogP) is -0.309. The molecule has 1 aliphatic heterocycles. The first-order valence-corrected chi connectivity index (χ1v) is 8.59. The molecule has 1 fully saturated rings. The van der Waals surface area contributed by atoms with Gasteiger partial charge in [0.15, 0.2) is 0 Å². The zero-order valence-corrected chi connectivity index (χ0v) is 14.9. The number of nitrogens with zero attached hydrogens (tertiary/aromatic N) is 3. The molecule has 10 heteroatoms. The number of carbonyl (C=O) groups excluding carboxylic acids is 2. The van der Waals surface area contributed by atoms with Crippen LogP contribution in [0.25, 0.3) is 11.0 Å². The fraction of sp³-hybridized carbons (Fsp3) is 0.412. The van der Waals surface area contributed by atoms with Crippen LogP contribution in [-0.2, 0) is 9.59 Å². The summed E-state index contributed by atoms with van der Waals surface area (Å²) in [5.74, 6) is -1.96. The Kier molecular flexibility index (Phi) is 5.38. The summed E-state index contributed by atoms with van der Waals surface area (Å²) in [5, 5.41) is 11.6. The van der Waals surface area contributed by atoms with Gasteiger partial charge in [-0.25, -0.2) is 9.78 Å². The van der Waals surface area contributed by atoms with Crippen LogP contribution in [0.5, 0.6) is 0 Å². The summed E-state index contributed by atoms with van der Waals surface area (Å²) >= 11 is 0. The molecule has 2 aromatic rings. The van der Waals surface area contributed by atoms with Crippen LogP contribution in [0.4, 0.5) is 5.69 Å². The van der Waals surface area contributed by atoms with Crippen molar-refractivity contribution >= 4 is 34.5 Å². The number of rotatable bonds is 5. The highest BCUT2D eigenvalue weighted by molar-refractivity contribution is 5.99. The number of carbonyl (C=O) groups is 3. The zero-order valence-electron chi connectivity index (χ0n) is 14.9. The number of hydrogen-bond acceptors (Lipinski definition) is 6. The highest BCUT2D eigenvalue weighted by Gasteiger charge is 2.24. The molecule has 0 bridgehead atoms. The number of amides is 2. The van der Waals surface area contributed by atoms with Gasteiger partial charge in [-0.1, -0.05) is 0 Å². The lowest BCUT2D eigenvalue weighted by atomic mass is 10.1. The minimum Gasteiger partial charge on any atom is -0.475 e. The van der Waals surface area contributed by atoms with E-state index in [4.69, 9.17) is 10.8 Å². The average molecular weight is 374 g/mol. The third-order valence-corrected chi connectivity index (χ3v) is 4.54. The Hall–Kier alpha value is -2.98. The van der Waals surface area contributed by atoms with Crippen LogP contribution >= 0.6 is 0 Å². The number of fused-ring (bicyclic) bond motifs is 1. The van der Waals surface area contributed by atoms with Crippen LogP contribution in [0.1, 0.15) is 17.0 Å². The number of imidazole rings is 1. The summed E-state index contributed by atoms with van der Waals surface area (Å²) in [6.45, 7) is 2.86. The summed E-state index contributed by atoms with van der Waals surface area (Å²) in [6, 6.07) is 3.79. The number of anilines is 1. The van der Waals surface area contributed by atoms with Crippen LogP contribution in [0.2, 0.25) is 0 Å². The van der Waals surface area contributed by atoms with Crippen LogP contribution < -0.4 is 11.1 Å². The van der Waals surface area contributed by atoms with E-state index in [0.717, 1.165) is 13.1 Å². The number of H-pyrrole nitrogens is 1. The van der Waals surface area contributed by atoms with E-state index < -0.39 is 17.9 Å². The minimum atomic E-state index is -1.17. The van der Waals surface area contributed by atoms with E-state index in [9.17, 15) is 14.4 Å². The van der Waals surface area contributed by atoms with Gasteiger partial charge < -0.3 is 30.9 Å². The van der Waals surface area contributed by atoms with Gasteiger partial charge in [-0.05, 0) is 25.2 Å². The second kappa shape index (κ2) is 7.72. The molecular formula is C17H22N6O4. The van der Waals surface area contributed by atoms with E-state index in [1.807, 2.05) is 7.05 Å². The summed E-state index contributed by atoms with van der Waals surface area (Å²) in [5.41, 5.74) is 7.28. The van der Waals surface area contributed by atoms with Gasteiger partial charge in [-0.2, -0.15) is 0 Å². The maximum Gasteiger partial charge on any atom is 0.371 e. The van der Waals surface area contributed by atoms with Gasteiger partial charge in [0.25, 0.3) is 0 Å². The Labute approximate surface area is 155 Å². The molecule has 2 amide bonds. The maximum atomic E-state index is 12.3. The second-order valence-corrected chi connectivity index (χ2v) is 6.61. The quantitative estimate of drug-likeness (QED) is 0.562. The normalized spacial score (nSPS) is 16.3. The first kappa shape index (κ1) is 18.8. The van der Waals surface area contributed by atoms with Gasteiger partial charge in [0.2, 0.25) is 17.6 Å². The standard InChI is InChI=1S/C17H22N6O4/c1-22-4-6-23(7-5-22)14(24)9-11(18)16(25)19-10-2-3-12-13(8-10)21-15(20-12)17(26)27/h2-3,8,11H,4-7,9,18H2,1H3,(H,19,25)(H,20,21)(H,26,27). The van der Waals surface area contributed by atoms with E-state index in [1.54, 1.807) is 23.1 Å². The lowest BCUT2D eigenvalue weighted by Crippen LogP contribution is -2.49. The molecule has 0 radical (unpaired) electrons. The summed E-state index contributed by atoms with van der Waals surface area (Å²) in [7, 11) is 2.00. The Morgan fingerprint density at radius 1 is 1.30 bits per heavy atom. The minimum absolute atomic E-state index is 0.0645. The Balaban J connectivity index is 1.59. The van der Waals surface area contributed by atoms with E-state index in [1.165, 1.54) is 0 Å². The molecule has 1 atom stereocenters. The predicted molar refractivity (Wildman–Crippen MR) is 98.4 cm³/mol. The van der Waals surface area contributed by atoms with Crippen LogP contribution in [0, 0.1) is 0 Å². The maximum absolute atomic E-state index is 12.3. The lowest BCUT2D eigenvalue weighted by Gasteiger charge is -2.32. The molecule has 2 heterocycles. The van der Waals surface area contributed by atoms with Gasteiger partial charge in [-0.15, -0.1) is 0 Å². The molecule has 1 saturated heterocycles. The number of likely N-dealkylation sites (N-methyl/N-ethyl adjacent to an activating group) is 1. The number of nitrogens with two attached hydrogens (primary N) is 1. The van der Waals surface area contributed by atoms with Crippen LogP contribution in [0.15, 0.2) is 18.2 Å². The number of carboxylic acid groups (broad SMARTS) is 1. The summed E-state index contributed by atoms with van der Waals surface area (Å²) in [4.78, 5) is 46.0. The molecule has 1 unspecified atom stereocenters. The van der Waals surface area contributed by atoms with Crippen molar-refractivity contribution in [3.63, 3.8) is 0 Å². The molecule has 27 heavy (non-hydrogen) atoms. The molecule has 0 aliphatic carbocycles. The molecule has 0 saturated carbocycles. The van der Waals surface area contributed by atoms with Crippen LogP contribution in [-0.4, -0.2) is 81.9 Å². The Bertz CT molecular complexity index is 871. The number of piperazine rings is 1. The van der Waals surface area contributed by atoms with E-state index >= 15 is 0 Å². The van der Waals surface area contributed by atoms with Crippen LogP contribution in [0.3, 0.4) is 0 Å². The van der Waals surface area contributed by atoms with Crippen molar-refractivity contribution in [1.29, 1.82) is 0 Å². The largest absolute Gasteiger partial charge is 0.475 e. The van der Waals surface area contributed by atoms with E-state index in [-0.39, 0.29) is 18.2 Å². The molecule has 144 valence electrons. The SMILES string of the molecule is CN1CCN(C(=O)CC(N)C(=O)Nc2ccc3nc(C(=O)O)[nH]c3c2)CC1. The zero-order chi connectivity index (χ0) is 19.6. The smallest absolute Gasteiger partial charge is 0.371 e.